The van der Waals surface area contributed by atoms with E-state index < -0.39 is 10.8 Å². The minimum atomic E-state index is -0.554. The number of anilines is 2. The summed E-state index contributed by atoms with van der Waals surface area (Å²) in [6.45, 7) is 2.87. The first-order valence-corrected chi connectivity index (χ1v) is 7.83. The third kappa shape index (κ3) is 4.09. The second-order valence-corrected chi connectivity index (χ2v) is 5.78. The zero-order valence-electron chi connectivity index (χ0n) is 14.3. The van der Waals surface area contributed by atoms with E-state index in [0.29, 0.717) is 16.9 Å². The third-order valence-corrected chi connectivity index (χ3v) is 3.91. The number of nitro benzene ring substituents is 1. The van der Waals surface area contributed by atoms with E-state index in [1.807, 2.05) is 0 Å². The Hall–Kier alpha value is -3.13. The molecule has 2 N–H and O–H groups in total. The number of nitrogens with one attached hydrogen (secondary N) is 2. The molecule has 2 amide bonds. The average Bonchev–Trinajstić information content (AvgIpc) is 2.57. The number of ether oxygens (including phenoxy) is 1. The summed E-state index contributed by atoms with van der Waals surface area (Å²) in [5.41, 5.74) is 0.949. The lowest BCUT2D eigenvalue weighted by Crippen LogP contribution is -2.15. The molecule has 9 heteroatoms. The molecule has 0 saturated heterocycles. The highest BCUT2D eigenvalue weighted by Crippen LogP contribution is 2.32. The highest BCUT2D eigenvalue weighted by atomic mass is 35.5. The number of carbonyl (C=O) groups is 2. The molecule has 0 atom stereocenters. The van der Waals surface area contributed by atoms with Crippen molar-refractivity contribution in [3.8, 4) is 5.75 Å². The van der Waals surface area contributed by atoms with Crippen molar-refractivity contribution in [2.24, 2.45) is 0 Å². The minimum Gasteiger partial charge on any atom is -0.496 e. The van der Waals surface area contributed by atoms with Crippen molar-refractivity contribution in [1.29, 1.82) is 0 Å². The third-order valence-electron chi connectivity index (χ3n) is 3.59. The summed E-state index contributed by atoms with van der Waals surface area (Å²) in [5.74, 6) is -0.682. The second-order valence-electron chi connectivity index (χ2n) is 5.37. The molecule has 0 unspecified atom stereocenters. The lowest BCUT2D eigenvalue weighted by atomic mass is 10.1. The molecule has 0 aromatic heterocycles. The highest BCUT2D eigenvalue weighted by Gasteiger charge is 2.19. The molecule has 0 aliphatic rings. The predicted molar refractivity (Wildman–Crippen MR) is 98.1 cm³/mol. The Labute approximate surface area is 154 Å². The van der Waals surface area contributed by atoms with Gasteiger partial charge in [-0.1, -0.05) is 17.7 Å². The fraction of sp³-hybridized carbons (Fsp3) is 0.176. The van der Waals surface area contributed by atoms with E-state index in [0.717, 1.165) is 0 Å². The topological polar surface area (TPSA) is 111 Å². The molecule has 136 valence electrons. The Morgan fingerprint density at radius 2 is 1.88 bits per heavy atom. The van der Waals surface area contributed by atoms with Gasteiger partial charge in [-0.2, -0.15) is 0 Å². The van der Waals surface area contributed by atoms with Gasteiger partial charge in [-0.3, -0.25) is 19.7 Å². The lowest BCUT2D eigenvalue weighted by Gasteiger charge is -2.14. The maximum Gasteiger partial charge on any atom is 0.274 e. The Balaban J connectivity index is 2.38. The van der Waals surface area contributed by atoms with Crippen LogP contribution in [0.2, 0.25) is 5.02 Å². The first-order chi connectivity index (χ1) is 12.2. The minimum absolute atomic E-state index is 0.103. The van der Waals surface area contributed by atoms with Gasteiger partial charge < -0.3 is 15.4 Å². The summed E-state index contributed by atoms with van der Waals surface area (Å²) in [6.07, 6.45) is 0. The van der Waals surface area contributed by atoms with E-state index in [1.165, 1.54) is 45.2 Å². The summed E-state index contributed by atoms with van der Waals surface area (Å²) in [5, 5.41) is 16.3. The number of rotatable bonds is 5. The van der Waals surface area contributed by atoms with Crippen molar-refractivity contribution in [2.75, 3.05) is 17.7 Å². The number of hydrogen-bond donors (Lipinski definition) is 2. The molecule has 26 heavy (non-hydrogen) atoms. The van der Waals surface area contributed by atoms with Gasteiger partial charge in [0.05, 0.1) is 39.6 Å². The molecule has 0 saturated carbocycles. The molecule has 0 radical (unpaired) electrons. The molecule has 2 aromatic rings. The molecule has 0 spiro atoms. The molecule has 0 heterocycles. The molecule has 8 nitrogen and oxygen atoms in total. The summed E-state index contributed by atoms with van der Waals surface area (Å²) in [6, 6.07) is 7.17. The Kier molecular flexibility index (Phi) is 5.78. The number of hydrogen-bond acceptors (Lipinski definition) is 5. The molecule has 0 bridgehead atoms. The summed E-state index contributed by atoms with van der Waals surface area (Å²) in [4.78, 5) is 34.3. The Morgan fingerprint density at radius 3 is 2.46 bits per heavy atom. The van der Waals surface area contributed by atoms with Gasteiger partial charge in [-0.25, -0.2) is 0 Å². The van der Waals surface area contributed by atoms with Crippen LogP contribution in [0.1, 0.15) is 22.8 Å². The van der Waals surface area contributed by atoms with Crippen LogP contribution >= 0.6 is 11.6 Å². The zero-order chi connectivity index (χ0) is 19.4. The SMILES string of the molecule is COc1cc(NC(C)=O)c(Cl)cc1C(=O)Nc1cccc([N+](=O)[O-])c1C. The summed E-state index contributed by atoms with van der Waals surface area (Å²) in [7, 11) is 1.37. The predicted octanol–water partition coefficient (Wildman–Crippen LogP) is 3.78. The number of halogens is 1. The number of nitro groups is 1. The van der Waals surface area contributed by atoms with Crippen LogP contribution < -0.4 is 15.4 Å². The van der Waals surface area contributed by atoms with Crippen molar-refractivity contribution in [3.63, 3.8) is 0 Å². The van der Waals surface area contributed by atoms with Gasteiger partial charge in [-0.05, 0) is 19.1 Å². The highest BCUT2D eigenvalue weighted by molar-refractivity contribution is 6.34. The van der Waals surface area contributed by atoms with Gasteiger partial charge in [0.25, 0.3) is 11.6 Å². The Bertz CT molecular complexity index is 898. The van der Waals surface area contributed by atoms with Crippen LogP contribution in [-0.4, -0.2) is 23.8 Å². The van der Waals surface area contributed by atoms with Gasteiger partial charge in [-0.15, -0.1) is 0 Å². The smallest absolute Gasteiger partial charge is 0.274 e. The number of benzene rings is 2. The van der Waals surface area contributed by atoms with Crippen LogP contribution in [0.4, 0.5) is 17.1 Å². The molecular formula is C17H16ClN3O5. The first-order valence-electron chi connectivity index (χ1n) is 7.45. The number of amides is 2. The van der Waals surface area contributed by atoms with Gasteiger partial charge >= 0.3 is 0 Å². The standard InChI is InChI=1S/C17H16ClN3O5/c1-9-13(5-4-6-15(9)21(24)25)20-17(23)11-7-12(18)14(19-10(2)22)8-16(11)26-3/h4-8H,1-3H3,(H,19,22)(H,20,23). The van der Waals surface area contributed by atoms with Crippen molar-refractivity contribution in [1.82, 2.24) is 0 Å². The van der Waals surface area contributed by atoms with E-state index in [9.17, 15) is 19.7 Å². The Morgan fingerprint density at radius 1 is 1.19 bits per heavy atom. The van der Waals surface area contributed by atoms with Gasteiger partial charge in [0.1, 0.15) is 5.75 Å². The van der Waals surface area contributed by atoms with E-state index >= 15 is 0 Å². The fourth-order valence-corrected chi connectivity index (χ4v) is 2.54. The van der Waals surface area contributed by atoms with E-state index in [1.54, 1.807) is 6.07 Å². The van der Waals surface area contributed by atoms with Gasteiger partial charge in [0, 0.05) is 19.1 Å². The van der Waals surface area contributed by atoms with E-state index in [-0.39, 0.29) is 27.9 Å². The number of nitrogens with zero attached hydrogens (tertiary/aromatic N) is 1. The van der Waals surface area contributed by atoms with E-state index in [2.05, 4.69) is 10.6 Å². The molecular weight excluding hydrogens is 362 g/mol. The fourth-order valence-electron chi connectivity index (χ4n) is 2.33. The van der Waals surface area contributed by atoms with Crippen molar-refractivity contribution < 1.29 is 19.2 Å². The number of carbonyl (C=O) groups excluding carboxylic acids is 2. The van der Waals surface area contributed by atoms with Crippen LogP contribution in [-0.2, 0) is 4.79 Å². The zero-order valence-corrected chi connectivity index (χ0v) is 15.0. The maximum atomic E-state index is 12.6. The normalized spacial score (nSPS) is 10.2. The van der Waals surface area contributed by atoms with Crippen LogP contribution in [0.25, 0.3) is 0 Å². The van der Waals surface area contributed by atoms with Crippen molar-refractivity contribution in [2.45, 2.75) is 13.8 Å². The molecule has 0 aliphatic heterocycles. The van der Waals surface area contributed by atoms with Crippen LogP contribution in [0.3, 0.4) is 0 Å². The lowest BCUT2D eigenvalue weighted by molar-refractivity contribution is -0.385. The number of methoxy groups -OCH3 is 1. The van der Waals surface area contributed by atoms with Crippen LogP contribution in [0.5, 0.6) is 5.75 Å². The summed E-state index contributed by atoms with van der Waals surface area (Å²) >= 11 is 6.11. The van der Waals surface area contributed by atoms with Crippen molar-refractivity contribution >= 4 is 40.5 Å². The second kappa shape index (κ2) is 7.83. The van der Waals surface area contributed by atoms with Crippen LogP contribution in [0, 0.1) is 17.0 Å². The first kappa shape index (κ1) is 19.2. The van der Waals surface area contributed by atoms with Crippen molar-refractivity contribution in [3.05, 3.63) is 56.6 Å². The quantitative estimate of drug-likeness (QED) is 0.608. The van der Waals surface area contributed by atoms with Gasteiger partial charge in [0.15, 0.2) is 0 Å². The van der Waals surface area contributed by atoms with Crippen LogP contribution in [0.15, 0.2) is 30.3 Å². The molecule has 2 rings (SSSR count). The molecule has 0 fully saturated rings. The molecule has 2 aromatic carbocycles. The molecule has 0 aliphatic carbocycles. The maximum absolute atomic E-state index is 12.6. The average molecular weight is 378 g/mol. The van der Waals surface area contributed by atoms with E-state index in [4.69, 9.17) is 16.3 Å². The monoisotopic (exact) mass is 377 g/mol. The van der Waals surface area contributed by atoms with Gasteiger partial charge in [0.2, 0.25) is 5.91 Å². The summed E-state index contributed by atoms with van der Waals surface area (Å²) < 4.78 is 5.19. The largest absolute Gasteiger partial charge is 0.496 e.